The fourth-order valence-electron chi connectivity index (χ4n) is 2.48. The van der Waals surface area contributed by atoms with E-state index in [1.165, 1.54) is 30.3 Å². The molecule has 2 aromatic rings. The van der Waals surface area contributed by atoms with Crippen molar-refractivity contribution in [2.24, 2.45) is 5.73 Å². The molecule has 2 heterocycles. The van der Waals surface area contributed by atoms with E-state index in [-0.39, 0.29) is 18.7 Å². The summed E-state index contributed by atoms with van der Waals surface area (Å²) in [5.41, 5.74) is 6.01. The standard InChI is InChI=1S/C17H17FN4O4/c1-25-15-5-2-10(8-20-15)21-16(23)13-4-3-11(6-14(13)18)22-9-12(7-19)26-17(22)24/h2-6,8,12H,7,9,19H2,1H3,(H,21,23)/t12-/m0/s1. The summed E-state index contributed by atoms with van der Waals surface area (Å²) in [6.07, 6.45) is 0.369. The fourth-order valence-corrected chi connectivity index (χ4v) is 2.48. The maximum absolute atomic E-state index is 14.4. The molecule has 1 aliphatic rings. The molecule has 1 atom stereocenters. The van der Waals surface area contributed by atoms with Gasteiger partial charge in [-0.2, -0.15) is 0 Å². The molecule has 9 heteroatoms. The lowest BCUT2D eigenvalue weighted by molar-refractivity contribution is 0.102. The van der Waals surface area contributed by atoms with Crippen molar-refractivity contribution in [3.8, 4) is 5.88 Å². The molecule has 3 rings (SSSR count). The smallest absolute Gasteiger partial charge is 0.414 e. The van der Waals surface area contributed by atoms with Crippen LogP contribution in [0, 0.1) is 5.82 Å². The highest BCUT2D eigenvalue weighted by atomic mass is 19.1. The van der Waals surface area contributed by atoms with Crippen LogP contribution >= 0.6 is 0 Å². The van der Waals surface area contributed by atoms with Crippen molar-refractivity contribution in [2.45, 2.75) is 6.10 Å². The number of cyclic esters (lactones) is 1. The van der Waals surface area contributed by atoms with Gasteiger partial charge < -0.3 is 20.5 Å². The molecule has 136 valence electrons. The summed E-state index contributed by atoms with van der Waals surface area (Å²) < 4.78 is 24.3. The summed E-state index contributed by atoms with van der Waals surface area (Å²) >= 11 is 0. The lowest BCUT2D eigenvalue weighted by atomic mass is 10.1. The quantitative estimate of drug-likeness (QED) is 0.841. The number of methoxy groups -OCH3 is 1. The highest BCUT2D eigenvalue weighted by Crippen LogP contribution is 2.24. The predicted octanol–water partition coefficient (Wildman–Crippen LogP) is 1.77. The molecule has 1 fully saturated rings. The molecule has 0 unspecified atom stereocenters. The van der Waals surface area contributed by atoms with Gasteiger partial charge in [-0.1, -0.05) is 0 Å². The van der Waals surface area contributed by atoms with Gasteiger partial charge in [-0.3, -0.25) is 9.69 Å². The molecule has 0 saturated carbocycles. The minimum absolute atomic E-state index is 0.160. The fraction of sp³-hybridized carbons (Fsp3) is 0.235. The SMILES string of the molecule is COc1ccc(NC(=O)c2ccc(N3C[C@H](CN)OC3=O)cc2F)cn1. The van der Waals surface area contributed by atoms with Gasteiger partial charge in [0, 0.05) is 12.6 Å². The van der Waals surface area contributed by atoms with Crippen LogP contribution in [0.4, 0.5) is 20.6 Å². The number of ether oxygens (including phenoxy) is 2. The Kier molecular flexibility index (Phi) is 4.99. The van der Waals surface area contributed by atoms with E-state index in [0.717, 1.165) is 6.07 Å². The van der Waals surface area contributed by atoms with E-state index < -0.39 is 23.9 Å². The number of amides is 2. The number of carbonyl (C=O) groups is 2. The molecule has 1 saturated heterocycles. The topological polar surface area (TPSA) is 107 Å². The van der Waals surface area contributed by atoms with E-state index in [4.69, 9.17) is 15.2 Å². The van der Waals surface area contributed by atoms with Gasteiger partial charge in [0.15, 0.2) is 0 Å². The monoisotopic (exact) mass is 360 g/mol. The van der Waals surface area contributed by atoms with Crippen molar-refractivity contribution in [1.29, 1.82) is 0 Å². The van der Waals surface area contributed by atoms with Crippen LogP contribution in [0.2, 0.25) is 0 Å². The van der Waals surface area contributed by atoms with Crippen LogP contribution in [0.25, 0.3) is 0 Å². The molecular weight excluding hydrogens is 343 g/mol. The average Bonchev–Trinajstić information content (AvgIpc) is 3.03. The number of nitrogens with two attached hydrogens (primary N) is 1. The normalized spacial score (nSPS) is 16.3. The van der Waals surface area contributed by atoms with Crippen LogP contribution < -0.4 is 20.7 Å². The summed E-state index contributed by atoms with van der Waals surface area (Å²) in [5, 5.41) is 2.55. The largest absolute Gasteiger partial charge is 0.481 e. The van der Waals surface area contributed by atoms with Crippen LogP contribution in [-0.4, -0.2) is 43.3 Å². The van der Waals surface area contributed by atoms with E-state index in [2.05, 4.69) is 10.3 Å². The number of nitrogens with one attached hydrogen (secondary N) is 1. The highest BCUT2D eigenvalue weighted by Gasteiger charge is 2.32. The number of rotatable bonds is 5. The minimum atomic E-state index is -0.759. The number of anilines is 2. The van der Waals surface area contributed by atoms with E-state index >= 15 is 0 Å². The van der Waals surface area contributed by atoms with E-state index in [1.807, 2.05) is 0 Å². The summed E-state index contributed by atoms with van der Waals surface area (Å²) in [4.78, 5) is 29.3. The van der Waals surface area contributed by atoms with Crippen molar-refractivity contribution in [1.82, 2.24) is 4.98 Å². The number of pyridine rings is 1. The van der Waals surface area contributed by atoms with Gasteiger partial charge in [0.25, 0.3) is 5.91 Å². The first-order valence-corrected chi connectivity index (χ1v) is 7.81. The molecule has 3 N–H and O–H groups in total. The zero-order valence-electron chi connectivity index (χ0n) is 13.9. The number of aromatic nitrogens is 1. The van der Waals surface area contributed by atoms with Crippen molar-refractivity contribution >= 4 is 23.4 Å². The maximum atomic E-state index is 14.4. The third kappa shape index (κ3) is 3.57. The highest BCUT2D eigenvalue weighted by molar-refractivity contribution is 6.04. The van der Waals surface area contributed by atoms with Gasteiger partial charge in [-0.15, -0.1) is 0 Å². The number of hydrogen-bond acceptors (Lipinski definition) is 6. The van der Waals surface area contributed by atoms with E-state index in [1.54, 1.807) is 12.1 Å². The van der Waals surface area contributed by atoms with Gasteiger partial charge in [-0.05, 0) is 24.3 Å². The Balaban J connectivity index is 1.74. The van der Waals surface area contributed by atoms with Crippen LogP contribution in [0.1, 0.15) is 10.4 Å². The lowest BCUT2D eigenvalue weighted by Crippen LogP contribution is -2.27. The number of hydrogen-bond donors (Lipinski definition) is 2. The molecule has 1 aromatic heterocycles. The number of benzene rings is 1. The second kappa shape index (κ2) is 7.36. The van der Waals surface area contributed by atoms with Crippen LogP contribution in [0.15, 0.2) is 36.5 Å². The third-order valence-corrected chi connectivity index (χ3v) is 3.85. The molecule has 1 aromatic carbocycles. The van der Waals surface area contributed by atoms with Crippen molar-refractivity contribution < 1.29 is 23.5 Å². The molecule has 2 amide bonds. The Morgan fingerprint density at radius 1 is 1.46 bits per heavy atom. The molecule has 0 bridgehead atoms. The first-order chi connectivity index (χ1) is 12.5. The van der Waals surface area contributed by atoms with Gasteiger partial charge in [0.2, 0.25) is 5.88 Å². The Morgan fingerprint density at radius 3 is 2.85 bits per heavy atom. The Hall–Kier alpha value is -3.20. The molecule has 26 heavy (non-hydrogen) atoms. The van der Waals surface area contributed by atoms with E-state index in [9.17, 15) is 14.0 Å². The predicted molar refractivity (Wildman–Crippen MR) is 91.8 cm³/mol. The van der Waals surface area contributed by atoms with E-state index in [0.29, 0.717) is 17.3 Å². The molecular formula is C17H17FN4O4. The van der Waals surface area contributed by atoms with Gasteiger partial charge in [-0.25, -0.2) is 14.2 Å². The summed E-state index contributed by atoms with van der Waals surface area (Å²) in [6, 6.07) is 7.05. The Bertz CT molecular complexity index is 828. The minimum Gasteiger partial charge on any atom is -0.481 e. The third-order valence-electron chi connectivity index (χ3n) is 3.85. The molecule has 0 radical (unpaired) electrons. The first kappa shape index (κ1) is 17.6. The maximum Gasteiger partial charge on any atom is 0.414 e. The van der Waals surface area contributed by atoms with Crippen LogP contribution in [0.5, 0.6) is 5.88 Å². The van der Waals surface area contributed by atoms with Crippen LogP contribution in [0.3, 0.4) is 0 Å². The molecule has 1 aliphatic heterocycles. The molecule has 0 spiro atoms. The first-order valence-electron chi connectivity index (χ1n) is 7.81. The van der Waals surface area contributed by atoms with Gasteiger partial charge >= 0.3 is 6.09 Å². The zero-order chi connectivity index (χ0) is 18.7. The zero-order valence-corrected chi connectivity index (χ0v) is 13.9. The average molecular weight is 360 g/mol. The van der Waals surface area contributed by atoms with Crippen molar-refractivity contribution in [3.63, 3.8) is 0 Å². The summed E-state index contributed by atoms with van der Waals surface area (Å²) in [6.45, 7) is 0.416. The molecule has 0 aliphatic carbocycles. The summed E-state index contributed by atoms with van der Waals surface area (Å²) in [5.74, 6) is -0.998. The van der Waals surface area contributed by atoms with Crippen molar-refractivity contribution in [2.75, 3.05) is 30.4 Å². The number of nitrogens with zero attached hydrogens (tertiary/aromatic N) is 2. The second-order valence-electron chi connectivity index (χ2n) is 5.56. The Labute approximate surface area is 148 Å². The Morgan fingerprint density at radius 2 is 2.27 bits per heavy atom. The van der Waals surface area contributed by atoms with Crippen molar-refractivity contribution in [3.05, 3.63) is 47.9 Å². The molecule has 8 nitrogen and oxygen atoms in total. The van der Waals surface area contributed by atoms with Gasteiger partial charge in [0.05, 0.1) is 36.8 Å². The second-order valence-corrected chi connectivity index (χ2v) is 5.56. The van der Waals surface area contributed by atoms with Gasteiger partial charge in [0.1, 0.15) is 11.9 Å². The summed E-state index contributed by atoms with van der Waals surface area (Å²) in [7, 11) is 1.48. The number of halogens is 1. The lowest BCUT2D eigenvalue weighted by Gasteiger charge is -2.14. The number of carbonyl (C=O) groups excluding carboxylic acids is 2. The van der Waals surface area contributed by atoms with Crippen LogP contribution in [-0.2, 0) is 4.74 Å².